The Morgan fingerprint density at radius 3 is 2.21 bits per heavy atom. The minimum atomic E-state index is -0.818. The third-order valence-corrected chi connectivity index (χ3v) is 6.16. The van der Waals surface area contributed by atoms with Crippen molar-refractivity contribution in [1.82, 2.24) is 9.13 Å². The first-order valence-electron chi connectivity index (χ1n) is 10.5. The van der Waals surface area contributed by atoms with Crippen LogP contribution in [0.5, 0.6) is 0 Å². The number of ether oxygens (including phenoxy) is 3. The van der Waals surface area contributed by atoms with E-state index in [1.54, 1.807) is 60.7 Å². The van der Waals surface area contributed by atoms with E-state index < -0.39 is 41.6 Å². The van der Waals surface area contributed by atoms with Gasteiger partial charge in [0.2, 0.25) is 0 Å². The molecule has 0 spiro atoms. The second-order valence-electron chi connectivity index (χ2n) is 7.67. The predicted molar refractivity (Wildman–Crippen MR) is 130 cm³/mol. The summed E-state index contributed by atoms with van der Waals surface area (Å²) in [6.07, 6.45) is -0.873. The van der Waals surface area contributed by atoms with Crippen LogP contribution in [0.3, 0.4) is 0 Å². The van der Waals surface area contributed by atoms with Crippen LogP contribution >= 0.6 is 22.6 Å². The Bertz CT molecular complexity index is 1300. The highest BCUT2D eigenvalue weighted by molar-refractivity contribution is 14.1. The van der Waals surface area contributed by atoms with Crippen molar-refractivity contribution in [2.24, 2.45) is 7.05 Å². The van der Waals surface area contributed by atoms with Gasteiger partial charge in [-0.05, 0) is 46.9 Å². The summed E-state index contributed by atoms with van der Waals surface area (Å²) in [6, 6.07) is 16.9. The largest absolute Gasteiger partial charge is 0.459 e. The zero-order valence-corrected chi connectivity index (χ0v) is 20.3. The number of carbonyl (C=O) groups is 2. The normalized spacial score (nSPS) is 19.5. The zero-order valence-electron chi connectivity index (χ0n) is 18.1. The Hall–Kier alpha value is -3.25. The maximum absolute atomic E-state index is 12.7. The van der Waals surface area contributed by atoms with Gasteiger partial charge >= 0.3 is 17.6 Å². The van der Waals surface area contributed by atoms with E-state index in [1.807, 2.05) is 22.6 Å². The van der Waals surface area contributed by atoms with Crippen molar-refractivity contribution in [2.75, 3.05) is 6.61 Å². The molecule has 1 aromatic heterocycles. The Labute approximate surface area is 208 Å². The summed E-state index contributed by atoms with van der Waals surface area (Å²) in [6.45, 7) is -0.186. The number of benzene rings is 2. The molecule has 0 aliphatic carbocycles. The lowest BCUT2D eigenvalue weighted by Gasteiger charge is -2.19. The maximum atomic E-state index is 12.7. The van der Waals surface area contributed by atoms with E-state index in [0.717, 1.165) is 4.57 Å². The molecule has 4 rings (SSSR count). The molecule has 3 aromatic rings. The van der Waals surface area contributed by atoms with Crippen LogP contribution < -0.4 is 11.2 Å². The highest BCUT2D eigenvalue weighted by Crippen LogP contribution is 2.31. The molecular formula is C24H21IN2O7. The summed E-state index contributed by atoms with van der Waals surface area (Å²) < 4.78 is 19.7. The van der Waals surface area contributed by atoms with Crippen molar-refractivity contribution < 1.29 is 23.8 Å². The van der Waals surface area contributed by atoms with Gasteiger partial charge in [-0.2, -0.15) is 0 Å². The zero-order chi connectivity index (χ0) is 24.2. The molecule has 0 saturated carbocycles. The predicted octanol–water partition coefficient (Wildman–Crippen LogP) is 2.52. The SMILES string of the molecule is Cn1c(=O)c(I)cn([C@@H]2C[C@H](OC(=O)c3ccccc3)[C@H](COC(=O)c3ccccc3)O2)c1=O. The molecule has 1 saturated heterocycles. The van der Waals surface area contributed by atoms with Gasteiger partial charge in [-0.15, -0.1) is 0 Å². The second-order valence-corrected chi connectivity index (χ2v) is 8.83. The fourth-order valence-electron chi connectivity index (χ4n) is 3.60. The molecule has 1 aliphatic rings. The van der Waals surface area contributed by atoms with E-state index in [-0.39, 0.29) is 13.0 Å². The van der Waals surface area contributed by atoms with Crippen LogP contribution in [0.25, 0.3) is 0 Å². The Morgan fingerprint density at radius 1 is 1.00 bits per heavy atom. The molecule has 0 bridgehead atoms. The minimum Gasteiger partial charge on any atom is -0.459 e. The first-order chi connectivity index (χ1) is 16.3. The molecule has 34 heavy (non-hydrogen) atoms. The van der Waals surface area contributed by atoms with E-state index in [2.05, 4.69) is 0 Å². The van der Waals surface area contributed by atoms with Gasteiger partial charge in [0.25, 0.3) is 5.56 Å². The lowest BCUT2D eigenvalue weighted by molar-refractivity contribution is -0.0585. The Balaban J connectivity index is 1.56. The highest BCUT2D eigenvalue weighted by atomic mass is 127. The number of halogens is 1. The van der Waals surface area contributed by atoms with Gasteiger partial charge in [0.05, 0.1) is 14.7 Å². The molecule has 2 heterocycles. The van der Waals surface area contributed by atoms with Gasteiger partial charge in [0, 0.05) is 19.7 Å². The highest BCUT2D eigenvalue weighted by Gasteiger charge is 2.40. The second kappa shape index (κ2) is 10.3. The van der Waals surface area contributed by atoms with Crippen LogP contribution in [0, 0.1) is 3.57 Å². The first-order valence-corrected chi connectivity index (χ1v) is 11.5. The van der Waals surface area contributed by atoms with Crippen LogP contribution in [0.1, 0.15) is 33.4 Å². The molecule has 0 radical (unpaired) electrons. The maximum Gasteiger partial charge on any atom is 0.338 e. The van der Waals surface area contributed by atoms with Crippen molar-refractivity contribution in [3.63, 3.8) is 0 Å². The molecule has 1 aliphatic heterocycles. The molecule has 9 nitrogen and oxygen atoms in total. The van der Waals surface area contributed by atoms with Gasteiger partial charge in [-0.25, -0.2) is 14.4 Å². The van der Waals surface area contributed by atoms with Crippen molar-refractivity contribution in [3.8, 4) is 0 Å². The van der Waals surface area contributed by atoms with Crippen molar-refractivity contribution >= 4 is 34.5 Å². The van der Waals surface area contributed by atoms with Gasteiger partial charge in [0.15, 0.2) is 0 Å². The summed E-state index contributed by atoms with van der Waals surface area (Å²) in [5.74, 6) is -1.11. The number of rotatable bonds is 6. The van der Waals surface area contributed by atoms with Crippen LogP contribution in [-0.2, 0) is 21.3 Å². The first kappa shape index (κ1) is 23.9. The van der Waals surface area contributed by atoms with E-state index in [0.29, 0.717) is 14.7 Å². The summed E-state index contributed by atoms with van der Waals surface area (Å²) in [4.78, 5) is 49.8. The number of esters is 2. The van der Waals surface area contributed by atoms with E-state index >= 15 is 0 Å². The van der Waals surface area contributed by atoms with Crippen molar-refractivity contribution in [1.29, 1.82) is 0 Å². The number of nitrogens with zero attached hydrogens (tertiary/aromatic N) is 2. The van der Waals surface area contributed by atoms with Crippen LogP contribution in [0.2, 0.25) is 0 Å². The number of carbonyl (C=O) groups excluding carboxylic acids is 2. The van der Waals surface area contributed by atoms with E-state index in [4.69, 9.17) is 14.2 Å². The lowest BCUT2D eigenvalue weighted by Crippen LogP contribution is -2.40. The average molecular weight is 576 g/mol. The molecule has 0 N–H and O–H groups in total. The van der Waals surface area contributed by atoms with Crippen molar-refractivity contribution in [3.05, 3.63) is 102 Å². The Kier molecular flexibility index (Phi) is 7.27. The smallest absolute Gasteiger partial charge is 0.338 e. The monoisotopic (exact) mass is 576 g/mol. The minimum absolute atomic E-state index is 0.139. The van der Waals surface area contributed by atoms with E-state index in [1.165, 1.54) is 17.8 Å². The summed E-state index contributed by atoms with van der Waals surface area (Å²) in [5.41, 5.74) is -0.246. The van der Waals surface area contributed by atoms with Gasteiger partial charge in [-0.1, -0.05) is 36.4 Å². The molecular weight excluding hydrogens is 555 g/mol. The standard InChI is InChI=1S/C24H21IN2O7/c1-26-21(28)17(25)13-27(24(26)31)20-12-18(34-23(30)16-10-6-3-7-11-16)19(33-20)14-32-22(29)15-8-4-2-5-9-15/h2-11,13,18-20H,12,14H2,1H3/t18-,19-,20-/m0/s1. The fraction of sp³-hybridized carbons (Fsp3) is 0.250. The molecule has 1 fully saturated rings. The lowest BCUT2D eigenvalue weighted by atomic mass is 10.1. The van der Waals surface area contributed by atoms with Gasteiger partial charge < -0.3 is 14.2 Å². The summed E-state index contributed by atoms with van der Waals surface area (Å²) in [7, 11) is 1.38. The molecule has 3 atom stereocenters. The van der Waals surface area contributed by atoms with Crippen LogP contribution in [0.15, 0.2) is 76.4 Å². The van der Waals surface area contributed by atoms with Crippen LogP contribution in [0.4, 0.5) is 0 Å². The molecule has 0 amide bonds. The average Bonchev–Trinajstić information content (AvgIpc) is 3.26. The van der Waals surface area contributed by atoms with Gasteiger partial charge in [0.1, 0.15) is 25.0 Å². The molecule has 176 valence electrons. The fourth-order valence-corrected chi connectivity index (χ4v) is 4.26. The molecule has 2 aromatic carbocycles. The summed E-state index contributed by atoms with van der Waals surface area (Å²) >= 11 is 1.85. The number of aromatic nitrogens is 2. The third kappa shape index (κ3) is 5.12. The summed E-state index contributed by atoms with van der Waals surface area (Å²) in [5, 5.41) is 0. The Morgan fingerprint density at radius 2 is 1.59 bits per heavy atom. The molecule has 0 unspecified atom stereocenters. The van der Waals surface area contributed by atoms with Gasteiger partial charge in [-0.3, -0.25) is 13.9 Å². The third-order valence-electron chi connectivity index (χ3n) is 5.42. The number of hydrogen-bond donors (Lipinski definition) is 0. The molecule has 10 heteroatoms. The number of hydrogen-bond acceptors (Lipinski definition) is 7. The topological polar surface area (TPSA) is 106 Å². The van der Waals surface area contributed by atoms with Crippen LogP contribution in [-0.4, -0.2) is 39.9 Å². The van der Waals surface area contributed by atoms with Crippen molar-refractivity contribution in [2.45, 2.75) is 24.9 Å². The van der Waals surface area contributed by atoms with E-state index in [9.17, 15) is 19.2 Å². The quantitative estimate of drug-likeness (QED) is 0.328.